The molecule has 1 aromatic carbocycles. The number of amides is 5. The van der Waals surface area contributed by atoms with Gasteiger partial charge in [0.25, 0.3) is 11.8 Å². The average Bonchev–Trinajstić information content (AvgIpc) is 3.06. The summed E-state index contributed by atoms with van der Waals surface area (Å²) in [5.74, 6) is -3.66. The van der Waals surface area contributed by atoms with Crippen molar-refractivity contribution in [2.24, 2.45) is 0 Å². The van der Waals surface area contributed by atoms with Gasteiger partial charge >= 0.3 is 12.1 Å². The van der Waals surface area contributed by atoms with E-state index in [0.717, 1.165) is 5.56 Å². The van der Waals surface area contributed by atoms with Gasteiger partial charge in [-0.1, -0.05) is 30.3 Å². The van der Waals surface area contributed by atoms with E-state index < -0.39 is 55.3 Å². The largest absolute Gasteiger partial charge is 0.445 e. The zero-order chi connectivity index (χ0) is 21.9. The summed E-state index contributed by atoms with van der Waals surface area (Å²) in [6.07, 6.45) is -0.886. The van der Waals surface area contributed by atoms with E-state index >= 15 is 0 Å². The molecule has 12 heteroatoms. The molecule has 0 aromatic heterocycles. The second-order valence-electron chi connectivity index (χ2n) is 6.01. The number of nitrogens with one attached hydrogen (secondary N) is 3. The van der Waals surface area contributed by atoms with Crippen molar-refractivity contribution < 1.29 is 38.3 Å². The Labute approximate surface area is 170 Å². The van der Waals surface area contributed by atoms with Gasteiger partial charge in [-0.15, -0.1) is 5.06 Å². The number of nitrogens with zero attached hydrogens (tertiary/aromatic N) is 1. The van der Waals surface area contributed by atoms with Crippen LogP contribution in [-0.2, 0) is 40.2 Å². The molecule has 0 aliphatic carbocycles. The van der Waals surface area contributed by atoms with Gasteiger partial charge in [-0.3, -0.25) is 19.2 Å². The van der Waals surface area contributed by atoms with E-state index in [1.165, 1.54) is 0 Å². The molecule has 1 aliphatic rings. The third-order valence-electron chi connectivity index (χ3n) is 3.68. The lowest BCUT2D eigenvalue weighted by atomic mass is 10.2. The van der Waals surface area contributed by atoms with Crippen LogP contribution in [0, 0.1) is 0 Å². The predicted octanol–water partition coefficient (Wildman–Crippen LogP) is -1.25. The van der Waals surface area contributed by atoms with Gasteiger partial charge in [-0.2, -0.15) is 0 Å². The number of hydroxylamine groups is 2. The third kappa shape index (κ3) is 7.58. The molecule has 3 N–H and O–H groups in total. The van der Waals surface area contributed by atoms with E-state index in [1.807, 2.05) is 6.07 Å². The minimum Gasteiger partial charge on any atom is -0.445 e. The number of ether oxygens (including phenoxy) is 1. The highest BCUT2D eigenvalue weighted by Crippen LogP contribution is 2.11. The van der Waals surface area contributed by atoms with Gasteiger partial charge in [-0.05, 0) is 5.56 Å². The maximum absolute atomic E-state index is 11.6. The molecular weight excluding hydrogens is 400 g/mol. The number of alkyl carbamates (subject to hydrolysis) is 1. The van der Waals surface area contributed by atoms with E-state index in [9.17, 15) is 28.8 Å². The van der Waals surface area contributed by atoms with Crippen LogP contribution in [0.3, 0.4) is 0 Å². The first-order chi connectivity index (χ1) is 14.3. The van der Waals surface area contributed by atoms with Crippen LogP contribution in [0.25, 0.3) is 0 Å². The number of carbonyl (C=O) groups is 6. The zero-order valence-corrected chi connectivity index (χ0v) is 15.8. The molecule has 1 saturated heterocycles. The molecule has 1 aromatic rings. The van der Waals surface area contributed by atoms with Crippen molar-refractivity contribution in [3.63, 3.8) is 0 Å². The number of benzene rings is 1. The van der Waals surface area contributed by atoms with Crippen LogP contribution in [0.5, 0.6) is 0 Å². The Bertz CT molecular complexity index is 811. The summed E-state index contributed by atoms with van der Waals surface area (Å²) in [5.41, 5.74) is 0.783. The van der Waals surface area contributed by atoms with E-state index in [1.54, 1.807) is 24.3 Å². The summed E-state index contributed by atoms with van der Waals surface area (Å²) in [6, 6.07) is 8.95. The Hall–Kier alpha value is -3.96. The number of carbonyl (C=O) groups excluding carboxylic acids is 6. The van der Waals surface area contributed by atoms with E-state index in [2.05, 4.69) is 20.8 Å². The molecule has 160 valence electrons. The fourth-order valence-corrected chi connectivity index (χ4v) is 2.19. The van der Waals surface area contributed by atoms with Gasteiger partial charge < -0.3 is 25.5 Å². The highest BCUT2D eigenvalue weighted by Gasteiger charge is 2.32. The molecule has 1 fully saturated rings. The molecule has 12 nitrogen and oxygen atoms in total. The summed E-state index contributed by atoms with van der Waals surface area (Å²) < 4.78 is 4.93. The number of hydrogen-bond donors (Lipinski definition) is 3. The van der Waals surface area contributed by atoms with Gasteiger partial charge in [0.2, 0.25) is 11.8 Å². The molecule has 0 radical (unpaired) electrons. The number of rotatable bonds is 9. The lowest BCUT2D eigenvalue weighted by molar-refractivity contribution is -0.196. The standard InChI is InChI=1S/C18H20N4O8/c23-13(20-10-17(27)30-22-15(25)6-7-16(22)26)8-19-14(24)9-21-18(28)29-11-12-4-2-1-3-5-12/h1-5H,6-11H2,(H,19,24)(H,20,23)(H,21,28). The summed E-state index contributed by atoms with van der Waals surface area (Å²) >= 11 is 0. The Morgan fingerprint density at radius 1 is 0.833 bits per heavy atom. The first-order valence-corrected chi connectivity index (χ1v) is 8.89. The Balaban J connectivity index is 1.56. The van der Waals surface area contributed by atoms with Crippen LogP contribution in [-0.4, -0.2) is 60.4 Å². The van der Waals surface area contributed by atoms with E-state index in [-0.39, 0.29) is 19.4 Å². The molecule has 0 bridgehead atoms. The van der Waals surface area contributed by atoms with Crippen LogP contribution in [0.4, 0.5) is 4.79 Å². The summed E-state index contributed by atoms with van der Waals surface area (Å²) in [6.45, 7) is -1.44. The van der Waals surface area contributed by atoms with Crippen LogP contribution < -0.4 is 16.0 Å². The zero-order valence-electron chi connectivity index (χ0n) is 15.8. The highest BCUT2D eigenvalue weighted by atomic mass is 16.7. The van der Waals surface area contributed by atoms with Crippen molar-refractivity contribution in [1.29, 1.82) is 0 Å². The minimum absolute atomic E-state index is 0.0431. The van der Waals surface area contributed by atoms with Crippen LogP contribution >= 0.6 is 0 Å². The van der Waals surface area contributed by atoms with Gasteiger partial charge in [0, 0.05) is 12.8 Å². The monoisotopic (exact) mass is 420 g/mol. The Morgan fingerprint density at radius 3 is 2.03 bits per heavy atom. The molecule has 1 heterocycles. The second-order valence-corrected chi connectivity index (χ2v) is 6.01. The van der Waals surface area contributed by atoms with Gasteiger partial charge in [0.05, 0.1) is 6.54 Å². The highest BCUT2D eigenvalue weighted by molar-refractivity contribution is 6.01. The molecule has 30 heavy (non-hydrogen) atoms. The predicted molar refractivity (Wildman–Crippen MR) is 97.8 cm³/mol. The Morgan fingerprint density at radius 2 is 1.40 bits per heavy atom. The average molecular weight is 420 g/mol. The second kappa shape index (κ2) is 11.1. The van der Waals surface area contributed by atoms with Gasteiger partial charge in [-0.25, -0.2) is 9.59 Å². The van der Waals surface area contributed by atoms with Crippen molar-refractivity contribution in [2.75, 3.05) is 19.6 Å². The molecule has 0 saturated carbocycles. The minimum atomic E-state index is -1.01. The molecule has 2 rings (SSSR count). The molecule has 0 atom stereocenters. The first kappa shape index (κ1) is 22.3. The van der Waals surface area contributed by atoms with Crippen LogP contribution in [0.1, 0.15) is 18.4 Å². The SMILES string of the molecule is O=C(CNC(=O)CNC(=O)OCc1ccccc1)NCC(=O)ON1C(=O)CCC1=O. The molecule has 0 unspecified atom stereocenters. The molecule has 0 spiro atoms. The summed E-state index contributed by atoms with van der Waals surface area (Å²) in [4.78, 5) is 73.5. The molecular formula is C18H20N4O8. The number of imide groups is 1. The normalized spacial score (nSPS) is 12.9. The molecule has 1 aliphatic heterocycles. The fourth-order valence-electron chi connectivity index (χ4n) is 2.19. The fraction of sp³-hybridized carbons (Fsp3) is 0.333. The smallest absolute Gasteiger partial charge is 0.407 e. The number of hydrogen-bond acceptors (Lipinski definition) is 8. The summed E-state index contributed by atoms with van der Waals surface area (Å²) in [5, 5.41) is 6.97. The van der Waals surface area contributed by atoms with Gasteiger partial charge in [0.1, 0.15) is 19.7 Å². The van der Waals surface area contributed by atoms with Crippen molar-refractivity contribution in [2.45, 2.75) is 19.4 Å². The Kier molecular flexibility index (Phi) is 8.29. The van der Waals surface area contributed by atoms with Crippen molar-refractivity contribution in [1.82, 2.24) is 21.0 Å². The van der Waals surface area contributed by atoms with Gasteiger partial charge in [0.15, 0.2) is 0 Å². The topological polar surface area (TPSA) is 160 Å². The lowest BCUT2D eigenvalue weighted by Crippen LogP contribution is -2.44. The van der Waals surface area contributed by atoms with Crippen molar-refractivity contribution in [3.8, 4) is 0 Å². The van der Waals surface area contributed by atoms with E-state index in [4.69, 9.17) is 4.74 Å². The van der Waals surface area contributed by atoms with Crippen LogP contribution in [0.2, 0.25) is 0 Å². The maximum atomic E-state index is 11.6. The van der Waals surface area contributed by atoms with E-state index in [0.29, 0.717) is 5.06 Å². The maximum Gasteiger partial charge on any atom is 0.407 e. The third-order valence-corrected chi connectivity index (χ3v) is 3.68. The van der Waals surface area contributed by atoms with Crippen molar-refractivity contribution >= 4 is 35.7 Å². The molecule has 5 amide bonds. The lowest BCUT2D eigenvalue weighted by Gasteiger charge is -2.13. The van der Waals surface area contributed by atoms with Crippen molar-refractivity contribution in [3.05, 3.63) is 35.9 Å². The summed E-state index contributed by atoms with van der Waals surface area (Å²) in [7, 11) is 0. The first-order valence-electron chi connectivity index (χ1n) is 8.89. The van der Waals surface area contributed by atoms with Crippen LogP contribution in [0.15, 0.2) is 30.3 Å². The quantitative estimate of drug-likeness (QED) is 0.418.